The Morgan fingerprint density at radius 1 is 1.60 bits per heavy atom. The first kappa shape index (κ1) is 12.4. The van der Waals surface area contributed by atoms with Gasteiger partial charge in [0.15, 0.2) is 0 Å². The Morgan fingerprint density at radius 3 is 2.53 bits per heavy atom. The summed E-state index contributed by atoms with van der Waals surface area (Å²) in [6, 6.07) is -0.385. The minimum atomic E-state index is -2.99. The van der Waals surface area contributed by atoms with E-state index in [1.165, 1.54) is 13.4 Å². The molecule has 1 aliphatic rings. The second kappa shape index (κ2) is 4.49. The average molecular weight is 235 g/mol. The Balaban J connectivity index is 2.55. The molecule has 0 saturated carbocycles. The van der Waals surface area contributed by atoms with Gasteiger partial charge in [0.05, 0.1) is 12.9 Å². The summed E-state index contributed by atoms with van der Waals surface area (Å²) in [5, 5.41) is 0. The molecule has 0 amide bonds. The van der Waals surface area contributed by atoms with Crippen LogP contribution in [0.3, 0.4) is 0 Å². The molecule has 1 rings (SSSR count). The van der Waals surface area contributed by atoms with Crippen LogP contribution in [0.4, 0.5) is 0 Å². The molecule has 0 N–H and O–H groups in total. The molecule has 0 bridgehead atoms. The molecule has 0 spiro atoms. The van der Waals surface area contributed by atoms with Crippen LogP contribution in [0.25, 0.3) is 0 Å². The van der Waals surface area contributed by atoms with Gasteiger partial charge in [-0.1, -0.05) is 0 Å². The average Bonchev–Trinajstić information content (AvgIpc) is 1.97. The Kier molecular flexibility index (Phi) is 3.72. The number of ether oxygens (including phenoxy) is 1. The van der Waals surface area contributed by atoms with E-state index in [1.807, 2.05) is 11.8 Å². The summed E-state index contributed by atoms with van der Waals surface area (Å²) in [6.45, 7) is 2.58. The smallest absolute Gasteiger partial charge is 0.323 e. The minimum absolute atomic E-state index is 0.0838. The van der Waals surface area contributed by atoms with Gasteiger partial charge in [0.2, 0.25) is 0 Å². The Hall–Kier alpha value is -0.620. The number of carbonyl (C=O) groups is 1. The fourth-order valence-electron chi connectivity index (χ4n) is 1.86. The lowest BCUT2D eigenvalue weighted by molar-refractivity contribution is -0.153. The van der Waals surface area contributed by atoms with Crippen molar-refractivity contribution in [3.05, 3.63) is 0 Å². The molecule has 1 fully saturated rings. The first-order chi connectivity index (χ1) is 6.85. The number of nitrogens with zero attached hydrogens (tertiary/aromatic N) is 1. The van der Waals surface area contributed by atoms with Gasteiger partial charge >= 0.3 is 5.97 Å². The first-order valence-electron chi connectivity index (χ1n) is 4.86. The van der Waals surface area contributed by atoms with Crippen molar-refractivity contribution in [2.75, 3.05) is 25.7 Å². The molecule has 1 heterocycles. The Labute approximate surface area is 90.3 Å². The SMILES string of the molecule is COC(=O)C1CCN1C(C)CS(C)(=O)=O. The van der Waals surface area contributed by atoms with Crippen LogP contribution in [0.1, 0.15) is 13.3 Å². The zero-order chi connectivity index (χ0) is 11.6. The summed E-state index contributed by atoms with van der Waals surface area (Å²) < 4.78 is 26.8. The second-order valence-corrected chi connectivity index (χ2v) is 6.19. The van der Waals surface area contributed by atoms with Crippen molar-refractivity contribution in [1.29, 1.82) is 0 Å². The van der Waals surface area contributed by atoms with Crippen LogP contribution < -0.4 is 0 Å². The predicted octanol–water partition coefficient (Wildman–Crippen LogP) is -0.333. The maximum atomic E-state index is 11.3. The van der Waals surface area contributed by atoms with Crippen molar-refractivity contribution in [3.8, 4) is 0 Å². The zero-order valence-electron chi connectivity index (χ0n) is 9.26. The molecule has 0 aromatic carbocycles. The van der Waals surface area contributed by atoms with E-state index in [0.717, 1.165) is 13.0 Å². The lowest BCUT2D eigenvalue weighted by Gasteiger charge is -2.42. The number of carbonyl (C=O) groups excluding carboxylic acids is 1. The number of hydrogen-bond acceptors (Lipinski definition) is 5. The highest BCUT2D eigenvalue weighted by Gasteiger charge is 2.38. The van der Waals surface area contributed by atoms with Gasteiger partial charge in [-0.3, -0.25) is 9.69 Å². The topological polar surface area (TPSA) is 63.7 Å². The quantitative estimate of drug-likeness (QED) is 0.624. The highest BCUT2D eigenvalue weighted by molar-refractivity contribution is 7.90. The van der Waals surface area contributed by atoms with E-state index < -0.39 is 9.84 Å². The van der Waals surface area contributed by atoms with Crippen molar-refractivity contribution in [2.24, 2.45) is 0 Å². The molecule has 1 saturated heterocycles. The largest absolute Gasteiger partial charge is 0.468 e. The summed E-state index contributed by atoms with van der Waals surface area (Å²) in [6.07, 6.45) is 1.96. The molecular formula is C9H17NO4S. The minimum Gasteiger partial charge on any atom is -0.468 e. The number of rotatable bonds is 4. The molecule has 1 aliphatic heterocycles. The number of hydrogen-bond donors (Lipinski definition) is 0. The van der Waals surface area contributed by atoms with E-state index in [2.05, 4.69) is 4.74 Å². The van der Waals surface area contributed by atoms with Crippen LogP contribution in [-0.4, -0.2) is 57.0 Å². The van der Waals surface area contributed by atoms with E-state index >= 15 is 0 Å². The standard InChI is InChI=1S/C9H17NO4S/c1-7(6-15(3,12)13)10-5-4-8(10)9(11)14-2/h7-8H,4-6H2,1-3H3. The Morgan fingerprint density at radius 2 is 2.20 bits per heavy atom. The summed E-state index contributed by atoms with van der Waals surface area (Å²) in [7, 11) is -1.65. The third kappa shape index (κ3) is 3.17. The summed E-state index contributed by atoms with van der Waals surface area (Å²) in [5.74, 6) is -0.192. The zero-order valence-corrected chi connectivity index (χ0v) is 10.1. The van der Waals surface area contributed by atoms with Gasteiger partial charge in [-0.2, -0.15) is 0 Å². The number of methoxy groups -OCH3 is 1. The molecule has 88 valence electrons. The second-order valence-electron chi connectivity index (χ2n) is 4.01. The molecular weight excluding hydrogens is 218 g/mol. The molecule has 0 aromatic rings. The fraction of sp³-hybridized carbons (Fsp3) is 0.889. The van der Waals surface area contributed by atoms with Crippen LogP contribution in [-0.2, 0) is 19.4 Å². The molecule has 2 atom stereocenters. The van der Waals surface area contributed by atoms with E-state index in [4.69, 9.17) is 0 Å². The van der Waals surface area contributed by atoms with Crippen molar-refractivity contribution in [3.63, 3.8) is 0 Å². The number of esters is 1. The lowest BCUT2D eigenvalue weighted by Crippen LogP contribution is -2.57. The molecule has 0 aliphatic carbocycles. The summed E-state index contributed by atoms with van der Waals surface area (Å²) in [4.78, 5) is 13.1. The predicted molar refractivity (Wildman–Crippen MR) is 56.3 cm³/mol. The van der Waals surface area contributed by atoms with Gasteiger partial charge in [0.25, 0.3) is 0 Å². The Bertz CT molecular complexity index is 338. The molecule has 0 radical (unpaired) electrons. The molecule has 15 heavy (non-hydrogen) atoms. The van der Waals surface area contributed by atoms with Crippen molar-refractivity contribution in [1.82, 2.24) is 4.90 Å². The van der Waals surface area contributed by atoms with Gasteiger partial charge < -0.3 is 4.74 Å². The number of sulfone groups is 1. The van der Waals surface area contributed by atoms with E-state index in [-0.39, 0.29) is 23.8 Å². The lowest BCUT2D eigenvalue weighted by atomic mass is 10.0. The van der Waals surface area contributed by atoms with Crippen LogP contribution in [0, 0.1) is 0 Å². The molecule has 2 unspecified atom stereocenters. The van der Waals surface area contributed by atoms with Gasteiger partial charge in [-0.25, -0.2) is 8.42 Å². The van der Waals surface area contributed by atoms with E-state index in [9.17, 15) is 13.2 Å². The third-order valence-corrected chi connectivity index (χ3v) is 3.73. The summed E-state index contributed by atoms with van der Waals surface area (Å²) in [5.41, 5.74) is 0. The first-order valence-corrected chi connectivity index (χ1v) is 6.92. The van der Waals surface area contributed by atoms with Crippen LogP contribution in [0.2, 0.25) is 0 Å². The fourth-order valence-corrected chi connectivity index (χ4v) is 2.93. The number of likely N-dealkylation sites (tertiary alicyclic amines) is 1. The van der Waals surface area contributed by atoms with Crippen LogP contribution in [0.5, 0.6) is 0 Å². The van der Waals surface area contributed by atoms with Crippen LogP contribution >= 0.6 is 0 Å². The van der Waals surface area contributed by atoms with Crippen LogP contribution in [0.15, 0.2) is 0 Å². The van der Waals surface area contributed by atoms with Gasteiger partial charge in [-0.05, 0) is 13.3 Å². The highest BCUT2D eigenvalue weighted by atomic mass is 32.2. The highest BCUT2D eigenvalue weighted by Crippen LogP contribution is 2.22. The molecule has 6 heteroatoms. The monoisotopic (exact) mass is 235 g/mol. The van der Waals surface area contributed by atoms with Gasteiger partial charge in [0.1, 0.15) is 15.9 Å². The maximum absolute atomic E-state index is 11.3. The van der Waals surface area contributed by atoms with E-state index in [1.54, 1.807) is 0 Å². The van der Waals surface area contributed by atoms with E-state index in [0.29, 0.717) is 0 Å². The van der Waals surface area contributed by atoms with Crippen molar-refractivity contribution >= 4 is 15.8 Å². The van der Waals surface area contributed by atoms with Crippen molar-refractivity contribution < 1.29 is 17.9 Å². The molecule has 0 aromatic heterocycles. The van der Waals surface area contributed by atoms with Gasteiger partial charge in [-0.15, -0.1) is 0 Å². The normalized spacial score (nSPS) is 24.3. The molecule has 5 nitrogen and oxygen atoms in total. The van der Waals surface area contributed by atoms with Gasteiger partial charge in [0, 0.05) is 18.8 Å². The third-order valence-electron chi connectivity index (χ3n) is 2.64. The van der Waals surface area contributed by atoms with Crippen molar-refractivity contribution in [2.45, 2.75) is 25.4 Å². The summed E-state index contributed by atoms with van der Waals surface area (Å²) >= 11 is 0. The maximum Gasteiger partial charge on any atom is 0.323 e.